The molecule has 2 atom stereocenters. The summed E-state index contributed by atoms with van der Waals surface area (Å²) in [6.45, 7) is 12.0. The summed E-state index contributed by atoms with van der Waals surface area (Å²) < 4.78 is 0. The van der Waals surface area contributed by atoms with Crippen LogP contribution in [0.15, 0.2) is 229 Å². The van der Waals surface area contributed by atoms with E-state index in [0.717, 1.165) is 70.8 Å². The maximum atomic E-state index is 5.16. The van der Waals surface area contributed by atoms with Crippen LogP contribution in [-0.4, -0.2) is 9.97 Å². The van der Waals surface area contributed by atoms with Crippen molar-refractivity contribution in [2.45, 2.75) is 50.9 Å². The third-order valence-electron chi connectivity index (χ3n) is 13.7. The lowest BCUT2D eigenvalue weighted by atomic mass is 9.64. The number of benzene rings is 4. The Kier molecular flexibility index (Phi) is 10.6. The number of hydrogen-bond acceptors (Lipinski definition) is 2. The van der Waals surface area contributed by atoms with E-state index in [9.17, 15) is 0 Å². The van der Waals surface area contributed by atoms with E-state index in [-0.39, 0.29) is 11.3 Å². The third-order valence-corrected chi connectivity index (χ3v) is 13.7. The molecule has 0 fully saturated rings. The second kappa shape index (κ2) is 16.8. The molecular formula is C61H50N2. The van der Waals surface area contributed by atoms with Crippen LogP contribution in [-0.2, 0) is 5.41 Å². The highest BCUT2D eigenvalue weighted by atomic mass is 14.9. The minimum atomic E-state index is -0.213. The first-order chi connectivity index (χ1) is 31.0. The van der Waals surface area contributed by atoms with Crippen molar-refractivity contribution in [1.82, 2.24) is 9.97 Å². The molecule has 63 heavy (non-hydrogen) atoms. The van der Waals surface area contributed by atoms with Gasteiger partial charge in [-0.05, 0) is 117 Å². The Morgan fingerprint density at radius 2 is 1.46 bits per heavy atom. The smallest absolute Gasteiger partial charge is 0.160 e. The average molecular weight is 811 g/mol. The van der Waals surface area contributed by atoms with Crippen molar-refractivity contribution in [2.75, 3.05) is 0 Å². The van der Waals surface area contributed by atoms with Gasteiger partial charge in [-0.15, -0.1) is 0 Å². The van der Waals surface area contributed by atoms with Crippen molar-refractivity contribution in [2.24, 2.45) is 5.92 Å². The highest BCUT2D eigenvalue weighted by Crippen LogP contribution is 2.66. The molecule has 1 heterocycles. The fraction of sp³-hybridized carbons (Fsp3) is 0.148. The lowest BCUT2D eigenvalue weighted by molar-refractivity contribution is 0.455. The maximum absolute atomic E-state index is 5.16. The van der Waals surface area contributed by atoms with Gasteiger partial charge in [-0.2, -0.15) is 0 Å². The summed E-state index contributed by atoms with van der Waals surface area (Å²) in [4.78, 5) is 10.3. The van der Waals surface area contributed by atoms with Crippen LogP contribution in [0, 0.1) is 17.8 Å². The standard InChI is InChI=1S/C61H50N2/c1-5-7-19-41(3)42(4)32-33-43(6-2)57-40-58(63-60(62-57)48-20-9-8-10-21-48)47-23-17-22-44(36-39-47)45-34-37-46(38-35-45)49-27-18-31-56-59(49)52-26-13-16-30-55(52)61(56)53-28-14-11-24-50(53)51-25-12-15-29-54(51)61/h5,8-18,20-34,37,39-40,56,59H,1,3,6,35-36,38H2,2,4H3/b42-32+,43-33+. The molecular weight excluding hydrogens is 761 g/mol. The Morgan fingerprint density at radius 3 is 2.19 bits per heavy atom. The second-order valence-corrected chi connectivity index (χ2v) is 17.0. The molecule has 0 saturated heterocycles. The highest BCUT2D eigenvalue weighted by Gasteiger charge is 2.58. The van der Waals surface area contributed by atoms with Gasteiger partial charge in [0.1, 0.15) is 0 Å². The molecule has 5 aromatic rings. The van der Waals surface area contributed by atoms with E-state index >= 15 is 0 Å². The second-order valence-electron chi connectivity index (χ2n) is 17.0. The van der Waals surface area contributed by atoms with Crippen LogP contribution in [0.4, 0.5) is 0 Å². The van der Waals surface area contributed by atoms with Crippen LogP contribution in [0.25, 0.3) is 33.7 Å². The fourth-order valence-electron chi connectivity index (χ4n) is 10.6. The summed E-state index contributed by atoms with van der Waals surface area (Å²) in [7, 11) is 0. The molecule has 0 amide bonds. The molecule has 0 bridgehead atoms. The molecule has 0 radical (unpaired) electrons. The Morgan fingerprint density at radius 1 is 0.762 bits per heavy atom. The molecule has 10 rings (SSSR count). The van der Waals surface area contributed by atoms with Crippen molar-refractivity contribution in [3.63, 3.8) is 0 Å². The fourth-order valence-corrected chi connectivity index (χ4v) is 10.6. The lowest BCUT2D eigenvalue weighted by Gasteiger charge is -2.38. The van der Waals surface area contributed by atoms with Gasteiger partial charge in [0.15, 0.2) is 5.82 Å². The predicted octanol–water partition coefficient (Wildman–Crippen LogP) is 14.8. The topological polar surface area (TPSA) is 25.8 Å². The van der Waals surface area contributed by atoms with Gasteiger partial charge in [-0.3, -0.25) is 0 Å². The molecule has 5 aliphatic carbocycles. The number of rotatable bonds is 8. The number of allylic oxidation sites excluding steroid dienone is 20. The van der Waals surface area contributed by atoms with Crippen molar-refractivity contribution >= 4 is 11.1 Å². The normalized spacial score (nSPS) is 19.2. The Bertz CT molecular complexity index is 3020. The monoisotopic (exact) mass is 810 g/mol. The van der Waals surface area contributed by atoms with E-state index in [2.05, 4.69) is 190 Å². The van der Waals surface area contributed by atoms with Crippen LogP contribution in [0.1, 0.15) is 79.1 Å². The minimum absolute atomic E-state index is 0.213. The first kappa shape index (κ1) is 39.8. The summed E-state index contributed by atoms with van der Waals surface area (Å²) >= 11 is 0. The summed E-state index contributed by atoms with van der Waals surface area (Å²) in [5.41, 5.74) is 20.8. The lowest BCUT2D eigenvalue weighted by Crippen LogP contribution is -2.33. The van der Waals surface area contributed by atoms with Crippen LogP contribution >= 0.6 is 0 Å². The van der Waals surface area contributed by atoms with Crippen molar-refractivity contribution < 1.29 is 0 Å². The van der Waals surface area contributed by atoms with Gasteiger partial charge < -0.3 is 0 Å². The summed E-state index contributed by atoms with van der Waals surface area (Å²) in [5.74, 6) is 7.26. The van der Waals surface area contributed by atoms with Crippen molar-refractivity contribution in [1.29, 1.82) is 0 Å². The highest BCUT2D eigenvalue weighted by molar-refractivity contribution is 5.86. The molecule has 0 N–H and O–H groups in total. The number of aromatic nitrogens is 2. The van der Waals surface area contributed by atoms with Crippen LogP contribution < -0.4 is 0 Å². The Balaban J connectivity index is 0.944. The van der Waals surface area contributed by atoms with E-state index < -0.39 is 0 Å². The van der Waals surface area contributed by atoms with E-state index in [4.69, 9.17) is 9.97 Å². The number of nitrogens with zero attached hydrogens (tertiary/aromatic N) is 2. The van der Waals surface area contributed by atoms with Crippen LogP contribution in [0.2, 0.25) is 0 Å². The minimum Gasteiger partial charge on any atom is -0.228 e. The van der Waals surface area contributed by atoms with Gasteiger partial charge in [0.25, 0.3) is 0 Å². The molecule has 1 aromatic heterocycles. The maximum Gasteiger partial charge on any atom is 0.160 e. The Hall–Kier alpha value is -7.34. The van der Waals surface area contributed by atoms with Crippen molar-refractivity contribution in [3.8, 4) is 34.4 Å². The van der Waals surface area contributed by atoms with Gasteiger partial charge in [0, 0.05) is 23.0 Å². The first-order valence-corrected chi connectivity index (χ1v) is 22.3. The third kappa shape index (κ3) is 6.95. The van der Waals surface area contributed by atoms with Gasteiger partial charge in [0.05, 0.1) is 16.8 Å². The molecule has 4 aromatic carbocycles. The average Bonchev–Trinajstić information content (AvgIpc) is 3.67. The predicted molar refractivity (Wildman–Crippen MR) is 263 cm³/mol. The van der Waals surface area contributed by atoms with Crippen LogP contribution in [0.3, 0.4) is 0 Å². The van der Waals surface area contributed by atoms with Gasteiger partial charge in [-0.25, -0.2) is 9.97 Å². The SMILES string of the molecule is C=CC#CC(=C)/C(C)=C/C=C(\CC)c1cc(C2=CCC(C3=CC=C(C4=CC=CC5C4c4ccccc4C54c5ccccc5-c5ccccc54)CC3)=CC=C2)nc(-c2ccccc2)n1. The first-order valence-electron chi connectivity index (χ1n) is 22.3. The summed E-state index contributed by atoms with van der Waals surface area (Å²) in [6.07, 6.45) is 30.6. The molecule has 0 saturated carbocycles. The molecule has 304 valence electrons. The largest absolute Gasteiger partial charge is 0.228 e. The van der Waals surface area contributed by atoms with E-state index in [1.807, 2.05) is 25.1 Å². The molecule has 2 unspecified atom stereocenters. The van der Waals surface area contributed by atoms with Crippen molar-refractivity contribution in [3.05, 3.63) is 262 Å². The van der Waals surface area contributed by atoms with Gasteiger partial charge in [-0.1, -0.05) is 202 Å². The van der Waals surface area contributed by atoms with Gasteiger partial charge >= 0.3 is 0 Å². The number of fused-ring (bicyclic) bond motifs is 10. The molecule has 2 nitrogen and oxygen atoms in total. The zero-order valence-electron chi connectivity index (χ0n) is 36.1. The molecule has 5 aliphatic rings. The zero-order chi connectivity index (χ0) is 42.9. The van der Waals surface area contributed by atoms with E-state index in [1.54, 1.807) is 6.08 Å². The summed E-state index contributed by atoms with van der Waals surface area (Å²) in [6, 6.07) is 40.0. The van der Waals surface area contributed by atoms with Gasteiger partial charge in [0.2, 0.25) is 0 Å². The van der Waals surface area contributed by atoms with E-state index in [1.165, 1.54) is 55.7 Å². The quantitative estimate of drug-likeness (QED) is 0.115. The molecule has 1 spiro atoms. The zero-order valence-corrected chi connectivity index (χ0v) is 36.1. The van der Waals surface area contributed by atoms with E-state index in [0.29, 0.717) is 5.92 Å². The molecule has 2 heteroatoms. The molecule has 0 aliphatic heterocycles. The number of hydrogen-bond donors (Lipinski definition) is 0. The Labute approximate surface area is 373 Å². The van der Waals surface area contributed by atoms with Crippen LogP contribution in [0.5, 0.6) is 0 Å². The summed E-state index contributed by atoms with van der Waals surface area (Å²) in [5, 5.41) is 0.